The topological polar surface area (TPSA) is 47.3 Å². The second-order valence-electron chi connectivity index (χ2n) is 5.05. The van der Waals surface area contributed by atoms with Crippen LogP contribution < -0.4 is 16.0 Å². The predicted molar refractivity (Wildman–Crippen MR) is 82.7 cm³/mol. The highest BCUT2D eigenvalue weighted by molar-refractivity contribution is 5.45. The van der Waals surface area contributed by atoms with E-state index in [-0.39, 0.29) is 5.82 Å². The van der Waals surface area contributed by atoms with E-state index in [9.17, 15) is 4.39 Å². The van der Waals surface area contributed by atoms with E-state index in [0.29, 0.717) is 17.9 Å². The molecule has 1 unspecified atom stereocenters. The molecule has 2 aromatic carbocycles. The summed E-state index contributed by atoms with van der Waals surface area (Å²) in [7, 11) is 0. The third kappa shape index (κ3) is 3.23. The van der Waals surface area contributed by atoms with E-state index in [0.717, 1.165) is 16.7 Å². The standard InChI is InChI=1S/C17H21FN2O/c1-4-21-15-8-6-5-7-13(15)17(20-19)16-12(3)9-11(2)10-14(16)18/h5-10,17,20H,4,19H2,1-3H3. The first kappa shape index (κ1) is 15.5. The zero-order chi connectivity index (χ0) is 15.4. The number of nitrogens with two attached hydrogens (primary N) is 1. The van der Waals surface area contributed by atoms with Gasteiger partial charge in [-0.25, -0.2) is 9.82 Å². The predicted octanol–water partition coefficient (Wildman–Crippen LogP) is 3.39. The summed E-state index contributed by atoms with van der Waals surface area (Å²) in [6.07, 6.45) is 0. The molecule has 0 aliphatic heterocycles. The minimum Gasteiger partial charge on any atom is -0.494 e. The fraction of sp³-hybridized carbons (Fsp3) is 0.294. The molecule has 0 amide bonds. The summed E-state index contributed by atoms with van der Waals surface area (Å²) in [6.45, 7) is 6.22. The third-order valence-corrected chi connectivity index (χ3v) is 3.47. The van der Waals surface area contributed by atoms with Crippen molar-refractivity contribution in [2.24, 2.45) is 5.84 Å². The van der Waals surface area contributed by atoms with Crippen molar-refractivity contribution in [3.8, 4) is 5.75 Å². The second kappa shape index (κ2) is 6.70. The zero-order valence-electron chi connectivity index (χ0n) is 12.6. The lowest BCUT2D eigenvalue weighted by Gasteiger charge is -2.22. The van der Waals surface area contributed by atoms with Crippen molar-refractivity contribution in [3.63, 3.8) is 0 Å². The number of hydrogen-bond acceptors (Lipinski definition) is 3. The van der Waals surface area contributed by atoms with Crippen LogP contribution in [0.2, 0.25) is 0 Å². The molecule has 0 saturated carbocycles. The maximum absolute atomic E-state index is 14.4. The van der Waals surface area contributed by atoms with Gasteiger partial charge in [0.25, 0.3) is 0 Å². The monoisotopic (exact) mass is 288 g/mol. The van der Waals surface area contributed by atoms with Gasteiger partial charge in [-0.3, -0.25) is 5.84 Å². The molecule has 0 spiro atoms. The Kier molecular flexibility index (Phi) is 4.94. The molecule has 2 rings (SSSR count). The Bertz CT molecular complexity index is 605. The number of ether oxygens (including phenoxy) is 1. The molecule has 0 aromatic heterocycles. The van der Waals surface area contributed by atoms with Crippen molar-refractivity contribution in [1.82, 2.24) is 5.43 Å². The lowest BCUT2D eigenvalue weighted by Crippen LogP contribution is -2.30. The zero-order valence-corrected chi connectivity index (χ0v) is 12.6. The Morgan fingerprint density at radius 2 is 1.95 bits per heavy atom. The average Bonchev–Trinajstić information content (AvgIpc) is 2.44. The first-order chi connectivity index (χ1) is 10.1. The van der Waals surface area contributed by atoms with Gasteiger partial charge in [0.1, 0.15) is 11.6 Å². The van der Waals surface area contributed by atoms with Crippen molar-refractivity contribution < 1.29 is 9.13 Å². The molecule has 0 heterocycles. The van der Waals surface area contributed by atoms with E-state index < -0.39 is 6.04 Å². The van der Waals surface area contributed by atoms with Crippen LogP contribution in [-0.4, -0.2) is 6.61 Å². The van der Waals surface area contributed by atoms with E-state index >= 15 is 0 Å². The third-order valence-electron chi connectivity index (χ3n) is 3.47. The van der Waals surface area contributed by atoms with Crippen LogP contribution in [0.3, 0.4) is 0 Å². The molecule has 1 atom stereocenters. The van der Waals surface area contributed by atoms with Crippen LogP contribution >= 0.6 is 0 Å². The van der Waals surface area contributed by atoms with Gasteiger partial charge in [-0.1, -0.05) is 24.3 Å². The van der Waals surface area contributed by atoms with Gasteiger partial charge in [0.05, 0.1) is 12.6 Å². The second-order valence-corrected chi connectivity index (χ2v) is 5.05. The van der Waals surface area contributed by atoms with Gasteiger partial charge in [0, 0.05) is 11.1 Å². The minimum atomic E-state index is -0.451. The number of hydrogen-bond donors (Lipinski definition) is 2. The van der Waals surface area contributed by atoms with Crippen LogP contribution in [0, 0.1) is 19.7 Å². The van der Waals surface area contributed by atoms with Crippen molar-refractivity contribution >= 4 is 0 Å². The average molecular weight is 288 g/mol. The van der Waals surface area contributed by atoms with Gasteiger partial charge < -0.3 is 4.74 Å². The van der Waals surface area contributed by atoms with Crippen LogP contribution in [-0.2, 0) is 0 Å². The highest BCUT2D eigenvalue weighted by atomic mass is 19.1. The largest absolute Gasteiger partial charge is 0.494 e. The Morgan fingerprint density at radius 1 is 1.24 bits per heavy atom. The number of nitrogens with one attached hydrogen (secondary N) is 1. The molecule has 2 aromatic rings. The molecular weight excluding hydrogens is 267 g/mol. The van der Waals surface area contributed by atoms with Crippen LogP contribution in [0.1, 0.15) is 35.2 Å². The lowest BCUT2D eigenvalue weighted by molar-refractivity contribution is 0.333. The molecule has 112 valence electrons. The number of rotatable bonds is 5. The number of para-hydroxylation sites is 1. The van der Waals surface area contributed by atoms with Crippen molar-refractivity contribution in [1.29, 1.82) is 0 Å². The van der Waals surface area contributed by atoms with Gasteiger partial charge in [0.2, 0.25) is 0 Å². The van der Waals surface area contributed by atoms with Gasteiger partial charge in [-0.2, -0.15) is 0 Å². The van der Waals surface area contributed by atoms with E-state index in [2.05, 4.69) is 5.43 Å². The van der Waals surface area contributed by atoms with Gasteiger partial charge in [-0.05, 0) is 44.0 Å². The van der Waals surface area contributed by atoms with Crippen LogP contribution in [0.15, 0.2) is 36.4 Å². The number of hydrazine groups is 1. The SMILES string of the molecule is CCOc1ccccc1C(NN)c1c(C)cc(C)cc1F. The number of halogens is 1. The summed E-state index contributed by atoms with van der Waals surface area (Å²) in [5.74, 6) is 6.15. The summed E-state index contributed by atoms with van der Waals surface area (Å²) >= 11 is 0. The minimum absolute atomic E-state index is 0.262. The number of benzene rings is 2. The fourth-order valence-corrected chi connectivity index (χ4v) is 2.63. The van der Waals surface area contributed by atoms with Crippen molar-refractivity contribution in [2.75, 3.05) is 6.61 Å². The van der Waals surface area contributed by atoms with E-state index in [1.54, 1.807) is 0 Å². The van der Waals surface area contributed by atoms with E-state index in [1.807, 2.05) is 51.1 Å². The van der Waals surface area contributed by atoms with E-state index in [4.69, 9.17) is 10.6 Å². The molecule has 3 N–H and O–H groups in total. The highest BCUT2D eigenvalue weighted by Crippen LogP contribution is 2.33. The summed E-state index contributed by atoms with van der Waals surface area (Å²) in [6, 6.07) is 10.6. The quantitative estimate of drug-likeness (QED) is 0.655. The summed E-state index contributed by atoms with van der Waals surface area (Å²) in [5, 5.41) is 0. The summed E-state index contributed by atoms with van der Waals surface area (Å²) in [4.78, 5) is 0. The fourth-order valence-electron chi connectivity index (χ4n) is 2.63. The smallest absolute Gasteiger partial charge is 0.128 e. The normalized spacial score (nSPS) is 12.2. The molecule has 0 aliphatic rings. The summed E-state index contributed by atoms with van der Waals surface area (Å²) < 4.78 is 20.0. The molecule has 21 heavy (non-hydrogen) atoms. The molecule has 4 heteroatoms. The molecule has 0 aliphatic carbocycles. The van der Waals surface area contributed by atoms with Crippen LogP contribution in [0.5, 0.6) is 5.75 Å². The lowest BCUT2D eigenvalue weighted by atomic mass is 9.93. The molecule has 0 saturated heterocycles. The molecule has 3 nitrogen and oxygen atoms in total. The van der Waals surface area contributed by atoms with Crippen LogP contribution in [0.25, 0.3) is 0 Å². The van der Waals surface area contributed by atoms with Gasteiger partial charge >= 0.3 is 0 Å². The first-order valence-corrected chi connectivity index (χ1v) is 7.03. The molecule has 0 fully saturated rings. The van der Waals surface area contributed by atoms with Crippen LogP contribution in [0.4, 0.5) is 4.39 Å². The Labute approximate surface area is 124 Å². The van der Waals surface area contributed by atoms with Gasteiger partial charge in [0.15, 0.2) is 0 Å². The number of aryl methyl sites for hydroxylation is 2. The maximum atomic E-state index is 14.4. The first-order valence-electron chi connectivity index (χ1n) is 7.03. The Hall–Kier alpha value is -1.91. The summed E-state index contributed by atoms with van der Waals surface area (Å²) in [5.41, 5.74) is 5.85. The van der Waals surface area contributed by atoms with E-state index in [1.165, 1.54) is 6.07 Å². The van der Waals surface area contributed by atoms with Crippen molar-refractivity contribution in [2.45, 2.75) is 26.8 Å². The molecular formula is C17H21FN2O. The molecule has 0 radical (unpaired) electrons. The Balaban J connectivity index is 2.55. The highest BCUT2D eigenvalue weighted by Gasteiger charge is 2.22. The molecule has 0 bridgehead atoms. The maximum Gasteiger partial charge on any atom is 0.128 e. The van der Waals surface area contributed by atoms with Crippen molar-refractivity contribution in [3.05, 3.63) is 64.5 Å². The van der Waals surface area contributed by atoms with Gasteiger partial charge in [-0.15, -0.1) is 0 Å². The Morgan fingerprint density at radius 3 is 2.57 bits per heavy atom.